The molecule has 14 heteroatoms. The minimum Gasteiger partial charge on any atom is -0.461 e. The molecule has 0 radical (unpaired) electrons. The van der Waals surface area contributed by atoms with Crippen molar-refractivity contribution in [2.24, 2.45) is 34.5 Å². The Balaban J connectivity index is 1.90. The first-order chi connectivity index (χ1) is 23.6. The highest BCUT2D eigenvalue weighted by molar-refractivity contribution is 5.91. The number of hydrogen-bond acceptors (Lipinski definition) is 14. The van der Waals surface area contributed by atoms with Gasteiger partial charge < -0.3 is 33.5 Å². The van der Waals surface area contributed by atoms with Crippen LogP contribution in [0.15, 0.2) is 30.3 Å². The maximum absolute atomic E-state index is 14.5. The topological polar surface area (TPSA) is 195 Å². The van der Waals surface area contributed by atoms with Crippen molar-refractivity contribution in [2.45, 2.75) is 117 Å². The lowest BCUT2D eigenvalue weighted by Gasteiger charge is -2.58. The van der Waals surface area contributed by atoms with E-state index in [-0.39, 0.29) is 12.0 Å². The molecule has 1 N–H and O–H groups in total. The molecule has 5 rings (SSSR count). The molecule has 4 aliphatic carbocycles. The van der Waals surface area contributed by atoms with Crippen LogP contribution < -0.4 is 0 Å². The van der Waals surface area contributed by atoms with E-state index in [0.717, 1.165) is 27.7 Å². The zero-order chi connectivity index (χ0) is 38.0. The molecule has 1 aromatic carbocycles. The van der Waals surface area contributed by atoms with E-state index in [1.165, 1.54) is 26.0 Å². The van der Waals surface area contributed by atoms with Crippen molar-refractivity contribution >= 4 is 41.6 Å². The van der Waals surface area contributed by atoms with E-state index in [4.69, 9.17) is 28.4 Å². The number of rotatable bonds is 7. The van der Waals surface area contributed by atoms with Crippen molar-refractivity contribution in [1.29, 1.82) is 0 Å². The number of Topliss-reactive ketones (excluding diaryl/α,β-unsaturated/α-hetero) is 1. The van der Waals surface area contributed by atoms with Crippen molar-refractivity contribution < 1.29 is 67.1 Å². The quantitative estimate of drug-likeness (QED) is 0.320. The fraction of sp³-hybridized carbons (Fsp3) is 0.649. The van der Waals surface area contributed by atoms with E-state index in [9.17, 15) is 38.7 Å². The fourth-order valence-electron chi connectivity index (χ4n) is 10.0. The zero-order valence-electron chi connectivity index (χ0n) is 30.3. The van der Waals surface area contributed by atoms with Crippen LogP contribution in [-0.4, -0.2) is 88.4 Å². The van der Waals surface area contributed by atoms with Crippen molar-refractivity contribution in [3.05, 3.63) is 35.9 Å². The maximum Gasteiger partial charge on any atom is 0.338 e. The molecule has 1 aromatic rings. The lowest BCUT2D eigenvalue weighted by Crippen LogP contribution is -2.71. The minimum absolute atomic E-state index is 0.180. The van der Waals surface area contributed by atoms with Gasteiger partial charge >= 0.3 is 35.8 Å². The molecule has 51 heavy (non-hydrogen) atoms. The molecule has 0 aliphatic heterocycles. The third-order valence-corrected chi connectivity index (χ3v) is 11.4. The number of hydrogen-bond donors (Lipinski definition) is 1. The van der Waals surface area contributed by atoms with Crippen molar-refractivity contribution in [1.82, 2.24) is 0 Å². The third kappa shape index (κ3) is 5.98. The molecule has 278 valence electrons. The van der Waals surface area contributed by atoms with Crippen molar-refractivity contribution in [3.8, 4) is 0 Å². The molecule has 4 aliphatic rings. The number of carbonyl (C=O) groups excluding carboxylic acids is 7. The molecule has 14 nitrogen and oxygen atoms in total. The molecule has 0 saturated heterocycles. The number of fused-ring (bicyclic) bond motifs is 5. The van der Waals surface area contributed by atoms with E-state index in [1.54, 1.807) is 39.0 Å². The standard InChI is InChI=1S/C37H46O14/c1-17-15-36(45)26(27(17)50-31(44)23-13-11-10-12-14-23)30(47-19(3)39)37(51-22(6)42)16-24-25(29(46-18(2)38)34(7,8)28(24)43)35(9,32(36)48-20(4)40)33(37)49-21(5)41/h10-14,17,24-27,29-30,32-33,45H,15-16H2,1-9H3/t17-,24+,25-,26+,27-,29-,30+,32-,33+,35+,36+,37+/m0/s1. The summed E-state index contributed by atoms with van der Waals surface area (Å²) < 4.78 is 36.4. The van der Waals surface area contributed by atoms with E-state index in [0.29, 0.717) is 0 Å². The van der Waals surface area contributed by atoms with Gasteiger partial charge in [0.05, 0.1) is 22.3 Å². The second-order valence-corrected chi connectivity index (χ2v) is 15.3. The zero-order valence-corrected chi connectivity index (χ0v) is 30.3. The van der Waals surface area contributed by atoms with E-state index >= 15 is 0 Å². The Morgan fingerprint density at radius 3 is 1.75 bits per heavy atom. The average molecular weight is 715 g/mol. The molecule has 12 atom stereocenters. The van der Waals surface area contributed by atoms with Gasteiger partial charge in [0, 0.05) is 52.9 Å². The van der Waals surface area contributed by atoms with Gasteiger partial charge in [-0.25, -0.2) is 4.79 Å². The summed E-state index contributed by atoms with van der Waals surface area (Å²) in [5.74, 6) is -9.88. The molecule has 0 heterocycles. The Bertz CT molecular complexity index is 1640. The lowest BCUT2D eigenvalue weighted by atomic mass is 9.53. The first-order valence-electron chi connectivity index (χ1n) is 17.0. The minimum atomic E-state index is -2.26. The Hall–Kier alpha value is -4.33. The van der Waals surface area contributed by atoms with Crippen molar-refractivity contribution in [2.75, 3.05) is 0 Å². The molecule has 0 aromatic heterocycles. The summed E-state index contributed by atoms with van der Waals surface area (Å²) in [6.45, 7) is 11.9. The van der Waals surface area contributed by atoms with Gasteiger partial charge in [-0.15, -0.1) is 0 Å². The molecule has 0 amide bonds. The van der Waals surface area contributed by atoms with Crippen LogP contribution in [0.4, 0.5) is 0 Å². The van der Waals surface area contributed by atoms with Crippen LogP contribution in [0.1, 0.15) is 85.5 Å². The van der Waals surface area contributed by atoms with E-state index in [2.05, 4.69) is 0 Å². The van der Waals surface area contributed by atoms with Crippen LogP contribution in [0, 0.1) is 34.5 Å². The molecule has 2 bridgehead atoms. The van der Waals surface area contributed by atoms with Gasteiger partial charge in [0.1, 0.15) is 29.7 Å². The van der Waals surface area contributed by atoms with Crippen molar-refractivity contribution in [3.63, 3.8) is 0 Å². The van der Waals surface area contributed by atoms with Crippen LogP contribution in [0.3, 0.4) is 0 Å². The summed E-state index contributed by atoms with van der Waals surface area (Å²) in [6.07, 6.45) is -8.24. The summed E-state index contributed by atoms with van der Waals surface area (Å²) in [5, 5.41) is 13.3. The highest BCUT2D eigenvalue weighted by Crippen LogP contribution is 2.69. The van der Waals surface area contributed by atoms with Crippen LogP contribution >= 0.6 is 0 Å². The normalized spacial score (nSPS) is 38.9. The molecule has 4 fully saturated rings. The average Bonchev–Trinajstić information content (AvgIpc) is 3.36. The summed E-state index contributed by atoms with van der Waals surface area (Å²) in [6, 6.07) is 8.04. The maximum atomic E-state index is 14.5. The summed E-state index contributed by atoms with van der Waals surface area (Å²) in [4.78, 5) is 93.4. The number of benzene rings is 1. The second kappa shape index (κ2) is 13.0. The van der Waals surface area contributed by atoms with Gasteiger partial charge in [0.15, 0.2) is 17.8 Å². The van der Waals surface area contributed by atoms with Gasteiger partial charge in [-0.2, -0.15) is 0 Å². The Kier molecular flexibility index (Phi) is 9.68. The Morgan fingerprint density at radius 1 is 0.686 bits per heavy atom. The van der Waals surface area contributed by atoms with Gasteiger partial charge in [-0.3, -0.25) is 28.8 Å². The third-order valence-electron chi connectivity index (χ3n) is 11.4. The molecular formula is C37H46O14. The van der Waals surface area contributed by atoms with E-state index in [1.807, 2.05) is 0 Å². The predicted molar refractivity (Wildman–Crippen MR) is 173 cm³/mol. The number of esters is 6. The Morgan fingerprint density at radius 2 is 1.22 bits per heavy atom. The smallest absolute Gasteiger partial charge is 0.338 e. The molecule has 0 spiro atoms. The Labute approximate surface area is 295 Å². The summed E-state index contributed by atoms with van der Waals surface area (Å²) in [7, 11) is 0. The lowest BCUT2D eigenvalue weighted by molar-refractivity contribution is -0.276. The van der Waals surface area contributed by atoms with Gasteiger partial charge in [0.2, 0.25) is 0 Å². The number of aliphatic hydroxyl groups is 1. The van der Waals surface area contributed by atoms with Gasteiger partial charge in [0.25, 0.3) is 0 Å². The van der Waals surface area contributed by atoms with Crippen LogP contribution in [0.2, 0.25) is 0 Å². The number of carbonyl (C=O) groups is 7. The first-order valence-corrected chi connectivity index (χ1v) is 17.0. The van der Waals surface area contributed by atoms with Gasteiger partial charge in [-0.05, 0) is 38.3 Å². The first kappa shape index (κ1) is 37.9. The van der Waals surface area contributed by atoms with Gasteiger partial charge in [-0.1, -0.05) is 32.0 Å². The van der Waals surface area contributed by atoms with Crippen LogP contribution in [0.5, 0.6) is 0 Å². The molecule has 4 saturated carbocycles. The number of ketones is 1. The van der Waals surface area contributed by atoms with E-state index < -0.39 is 124 Å². The summed E-state index contributed by atoms with van der Waals surface area (Å²) >= 11 is 0. The summed E-state index contributed by atoms with van der Waals surface area (Å²) in [5.41, 5.74) is -7.57. The predicted octanol–water partition coefficient (Wildman–Crippen LogP) is 2.89. The SMILES string of the molecule is CC(=O)O[C@@H]1[C@H]2[C@@H](OC(=O)c3ccccc3)[C@@H](C)C[C@]2(O)[C@@H](OC(C)=O)[C@@]2(C)[C@H]3[C@@H](C[C@]1(OC(C)=O)[C@@H]2OC(C)=O)C(=O)C(C)(C)[C@H]3OC(C)=O. The largest absolute Gasteiger partial charge is 0.461 e. The fourth-order valence-corrected chi connectivity index (χ4v) is 10.0. The molecular weight excluding hydrogens is 668 g/mol. The highest BCUT2D eigenvalue weighted by Gasteiger charge is 2.84. The highest BCUT2D eigenvalue weighted by atomic mass is 16.6. The van der Waals surface area contributed by atoms with Crippen LogP contribution in [0.25, 0.3) is 0 Å². The monoisotopic (exact) mass is 714 g/mol. The van der Waals surface area contributed by atoms with Crippen LogP contribution in [-0.2, 0) is 57.2 Å². The number of ether oxygens (including phenoxy) is 6. The second-order valence-electron chi connectivity index (χ2n) is 15.3. The molecule has 0 unspecified atom stereocenters.